The maximum Gasteiger partial charge on any atom is 0.224 e. The number of aliphatic hydroxyl groups excluding tert-OH is 1. The van der Waals surface area contributed by atoms with E-state index >= 15 is 0 Å². The van der Waals surface area contributed by atoms with E-state index in [0.29, 0.717) is 25.9 Å². The first-order valence-electron chi connectivity index (χ1n) is 6.53. The van der Waals surface area contributed by atoms with Crippen LogP contribution in [0.3, 0.4) is 0 Å². The van der Waals surface area contributed by atoms with Crippen LogP contribution in [0.2, 0.25) is 0 Å². The Balaban J connectivity index is 1.89. The lowest BCUT2D eigenvalue weighted by atomic mass is 10.0. The number of hydrogen-bond donors (Lipinski definition) is 2. The fourth-order valence-corrected chi connectivity index (χ4v) is 2.26. The van der Waals surface area contributed by atoms with E-state index in [2.05, 4.69) is 0 Å². The lowest BCUT2D eigenvalue weighted by Crippen LogP contribution is -2.41. The van der Waals surface area contributed by atoms with Gasteiger partial charge in [0.15, 0.2) is 0 Å². The van der Waals surface area contributed by atoms with Gasteiger partial charge in [0.2, 0.25) is 5.91 Å². The molecule has 0 bridgehead atoms. The molecule has 0 aromatic heterocycles. The predicted octanol–water partition coefficient (Wildman–Crippen LogP) is 1.20. The summed E-state index contributed by atoms with van der Waals surface area (Å²) in [5.41, 5.74) is 6.72. The molecule has 4 nitrogen and oxygen atoms in total. The minimum atomic E-state index is -0.417. The van der Waals surface area contributed by atoms with E-state index in [-0.39, 0.29) is 24.2 Å². The molecule has 0 radical (unpaired) electrons. The molecule has 1 aliphatic rings. The average Bonchev–Trinajstić information content (AvgIpc) is 2.40. The number of amides is 1. The monoisotopic (exact) mass is 266 g/mol. The van der Waals surface area contributed by atoms with Crippen LogP contribution in [0, 0.1) is 5.82 Å². The first-order valence-corrected chi connectivity index (χ1v) is 6.53. The molecule has 0 spiro atoms. The smallest absolute Gasteiger partial charge is 0.224 e. The zero-order valence-electron chi connectivity index (χ0n) is 10.8. The van der Waals surface area contributed by atoms with Gasteiger partial charge in [-0.1, -0.05) is 12.1 Å². The average molecular weight is 266 g/mol. The van der Waals surface area contributed by atoms with E-state index in [1.165, 1.54) is 12.1 Å². The number of hydrogen-bond acceptors (Lipinski definition) is 3. The summed E-state index contributed by atoms with van der Waals surface area (Å²) in [6.07, 6.45) is 1.16. The summed E-state index contributed by atoms with van der Waals surface area (Å²) in [7, 11) is 0. The molecule has 1 unspecified atom stereocenters. The van der Waals surface area contributed by atoms with Gasteiger partial charge < -0.3 is 15.7 Å². The summed E-state index contributed by atoms with van der Waals surface area (Å²) < 4.78 is 12.8. The van der Waals surface area contributed by atoms with E-state index in [1.54, 1.807) is 17.0 Å². The molecule has 1 saturated heterocycles. The van der Waals surface area contributed by atoms with E-state index < -0.39 is 6.04 Å². The summed E-state index contributed by atoms with van der Waals surface area (Å²) in [6, 6.07) is 5.48. The van der Waals surface area contributed by atoms with Crippen molar-refractivity contribution >= 4 is 5.91 Å². The van der Waals surface area contributed by atoms with Crippen LogP contribution >= 0.6 is 0 Å². The van der Waals surface area contributed by atoms with E-state index in [4.69, 9.17) is 5.73 Å². The van der Waals surface area contributed by atoms with E-state index in [0.717, 1.165) is 5.56 Å². The third kappa shape index (κ3) is 3.75. The van der Waals surface area contributed by atoms with Gasteiger partial charge in [0.1, 0.15) is 5.82 Å². The normalized spacial score (nSPS) is 18.4. The number of carbonyl (C=O) groups is 1. The highest BCUT2D eigenvalue weighted by Crippen LogP contribution is 2.18. The molecule has 1 amide bonds. The van der Waals surface area contributed by atoms with Crippen molar-refractivity contribution in [3.8, 4) is 0 Å². The second kappa shape index (κ2) is 6.12. The van der Waals surface area contributed by atoms with Crippen molar-refractivity contribution in [2.75, 3.05) is 13.1 Å². The lowest BCUT2D eigenvalue weighted by Gasteiger charge is -2.30. The molecule has 0 aliphatic carbocycles. The molecule has 1 atom stereocenters. The molecule has 1 aromatic rings. The summed E-state index contributed by atoms with van der Waals surface area (Å²) in [4.78, 5) is 13.8. The molecular formula is C14H19FN2O2. The number of piperidine rings is 1. The minimum Gasteiger partial charge on any atom is -0.393 e. The van der Waals surface area contributed by atoms with Crippen LogP contribution in [0.1, 0.15) is 30.9 Å². The first-order chi connectivity index (χ1) is 9.06. The van der Waals surface area contributed by atoms with Crippen molar-refractivity contribution in [1.29, 1.82) is 0 Å². The third-order valence-electron chi connectivity index (χ3n) is 3.51. The minimum absolute atomic E-state index is 0.0104. The number of nitrogens with zero attached hydrogens (tertiary/aromatic N) is 1. The predicted molar refractivity (Wildman–Crippen MR) is 69.8 cm³/mol. The van der Waals surface area contributed by atoms with Gasteiger partial charge >= 0.3 is 0 Å². The standard InChI is InChI=1S/C14H19FN2O2/c15-11-3-1-10(2-4-11)13(16)9-14(19)17-7-5-12(18)6-8-17/h1-4,12-13,18H,5-9,16H2. The van der Waals surface area contributed by atoms with Gasteiger partial charge in [0.25, 0.3) is 0 Å². The SMILES string of the molecule is NC(CC(=O)N1CCC(O)CC1)c1ccc(F)cc1. The summed E-state index contributed by atoms with van der Waals surface area (Å²) in [6.45, 7) is 1.16. The summed E-state index contributed by atoms with van der Waals surface area (Å²) in [5, 5.41) is 9.40. The zero-order chi connectivity index (χ0) is 13.8. The molecule has 104 valence electrons. The Labute approximate surface area is 112 Å². The summed E-state index contributed by atoms with van der Waals surface area (Å²) >= 11 is 0. The third-order valence-corrected chi connectivity index (χ3v) is 3.51. The molecule has 1 aromatic carbocycles. The quantitative estimate of drug-likeness (QED) is 0.864. The fraction of sp³-hybridized carbons (Fsp3) is 0.500. The van der Waals surface area contributed by atoms with Gasteiger partial charge in [-0.3, -0.25) is 4.79 Å². The van der Waals surface area contributed by atoms with Crippen LogP contribution < -0.4 is 5.73 Å². The molecule has 0 saturated carbocycles. The Bertz CT molecular complexity index is 428. The number of carbonyl (C=O) groups excluding carboxylic acids is 1. The highest BCUT2D eigenvalue weighted by Gasteiger charge is 2.23. The highest BCUT2D eigenvalue weighted by atomic mass is 19.1. The number of rotatable bonds is 3. The van der Waals surface area contributed by atoms with Gasteiger partial charge in [0, 0.05) is 25.6 Å². The maximum atomic E-state index is 12.8. The van der Waals surface area contributed by atoms with Crippen LogP contribution in [0.25, 0.3) is 0 Å². The van der Waals surface area contributed by atoms with Gasteiger partial charge in [-0.25, -0.2) is 4.39 Å². The number of benzene rings is 1. The fourth-order valence-electron chi connectivity index (χ4n) is 2.26. The van der Waals surface area contributed by atoms with Crippen LogP contribution in [0.4, 0.5) is 4.39 Å². The number of nitrogens with two attached hydrogens (primary N) is 1. The second-order valence-electron chi connectivity index (χ2n) is 4.97. The molecule has 1 heterocycles. The number of aliphatic hydroxyl groups is 1. The van der Waals surface area contributed by atoms with Crippen molar-refractivity contribution in [2.24, 2.45) is 5.73 Å². The van der Waals surface area contributed by atoms with Gasteiger partial charge in [-0.2, -0.15) is 0 Å². The Hall–Kier alpha value is -1.46. The molecule has 19 heavy (non-hydrogen) atoms. The molecular weight excluding hydrogens is 247 g/mol. The highest BCUT2D eigenvalue weighted by molar-refractivity contribution is 5.77. The van der Waals surface area contributed by atoms with Crippen molar-refractivity contribution in [2.45, 2.75) is 31.4 Å². The number of halogens is 1. The topological polar surface area (TPSA) is 66.6 Å². The first kappa shape index (κ1) is 14.0. The Morgan fingerprint density at radius 1 is 1.37 bits per heavy atom. The van der Waals surface area contributed by atoms with Crippen molar-refractivity contribution in [1.82, 2.24) is 4.90 Å². The summed E-state index contributed by atoms with van der Waals surface area (Å²) in [5.74, 6) is -0.323. The Kier molecular flexibility index (Phi) is 4.50. The van der Waals surface area contributed by atoms with Crippen LogP contribution in [-0.2, 0) is 4.79 Å². The molecule has 1 aliphatic heterocycles. The Morgan fingerprint density at radius 3 is 2.53 bits per heavy atom. The van der Waals surface area contributed by atoms with Crippen molar-refractivity contribution in [3.63, 3.8) is 0 Å². The van der Waals surface area contributed by atoms with E-state index in [9.17, 15) is 14.3 Å². The number of likely N-dealkylation sites (tertiary alicyclic amines) is 1. The molecule has 2 rings (SSSR count). The second-order valence-corrected chi connectivity index (χ2v) is 4.97. The van der Waals surface area contributed by atoms with Gasteiger partial charge in [0.05, 0.1) is 6.10 Å². The van der Waals surface area contributed by atoms with Crippen LogP contribution in [0.5, 0.6) is 0 Å². The molecule has 3 N–H and O–H groups in total. The zero-order valence-corrected chi connectivity index (χ0v) is 10.8. The lowest BCUT2D eigenvalue weighted by molar-refractivity contribution is -0.133. The van der Waals surface area contributed by atoms with Crippen LogP contribution in [-0.4, -0.2) is 35.1 Å². The largest absolute Gasteiger partial charge is 0.393 e. The van der Waals surface area contributed by atoms with Crippen LogP contribution in [0.15, 0.2) is 24.3 Å². The molecule has 1 fully saturated rings. The van der Waals surface area contributed by atoms with Gasteiger partial charge in [-0.05, 0) is 30.5 Å². The molecule has 5 heteroatoms. The Morgan fingerprint density at radius 2 is 1.95 bits per heavy atom. The van der Waals surface area contributed by atoms with Crippen molar-refractivity contribution < 1.29 is 14.3 Å². The van der Waals surface area contributed by atoms with Crippen molar-refractivity contribution in [3.05, 3.63) is 35.6 Å². The van der Waals surface area contributed by atoms with Gasteiger partial charge in [-0.15, -0.1) is 0 Å². The van der Waals surface area contributed by atoms with E-state index in [1.807, 2.05) is 0 Å². The maximum absolute atomic E-state index is 12.8.